The van der Waals surface area contributed by atoms with Gasteiger partial charge in [-0.2, -0.15) is 0 Å². The van der Waals surface area contributed by atoms with Crippen molar-refractivity contribution in [3.63, 3.8) is 0 Å². The molecule has 0 fully saturated rings. The number of phenolic OH excluding ortho intramolecular Hbond substituents is 1. The number of carbonyl (C=O) groups is 1. The monoisotopic (exact) mass is 225 g/mol. The minimum absolute atomic E-state index is 0.0755. The van der Waals surface area contributed by atoms with Crippen molar-refractivity contribution in [2.24, 2.45) is 5.73 Å². The zero-order valence-electron chi connectivity index (χ0n) is 7.52. The molecule has 0 amide bonds. The first-order valence-corrected chi connectivity index (χ1v) is 4.93. The molecule has 0 saturated heterocycles. The minimum atomic E-state index is -0.471. The van der Waals surface area contributed by atoms with Gasteiger partial charge in [-0.1, -0.05) is 11.3 Å². The van der Waals surface area contributed by atoms with Gasteiger partial charge in [-0.3, -0.25) is 4.79 Å². The van der Waals surface area contributed by atoms with Crippen molar-refractivity contribution in [3.05, 3.63) is 27.4 Å². The largest absolute Gasteiger partial charge is 0.507 e. The molecule has 6 heteroatoms. The van der Waals surface area contributed by atoms with Crippen LogP contribution in [0.4, 0.5) is 0 Å². The number of carbonyl (C=O) groups excluding carboxylic acids is 1. The molecule has 0 radical (unpaired) electrons. The van der Waals surface area contributed by atoms with Gasteiger partial charge in [0.25, 0.3) is 0 Å². The first-order chi connectivity index (χ1) is 7.11. The number of phenols is 1. The van der Waals surface area contributed by atoms with Gasteiger partial charge in [-0.25, -0.2) is 4.79 Å². The van der Waals surface area contributed by atoms with Gasteiger partial charge in [-0.05, 0) is 6.07 Å². The van der Waals surface area contributed by atoms with Crippen molar-refractivity contribution in [3.8, 4) is 5.75 Å². The minimum Gasteiger partial charge on any atom is -0.507 e. The lowest BCUT2D eigenvalue weighted by Crippen LogP contribution is -2.13. The second-order valence-electron chi connectivity index (χ2n) is 2.90. The number of Topliss-reactive ketones (excluding diaryl/α,β-unsaturated/α-hetero) is 1. The fraction of sp³-hybridized carbons (Fsp3) is 0.111. The van der Waals surface area contributed by atoms with Crippen molar-refractivity contribution in [2.75, 3.05) is 6.54 Å². The Kier molecular flexibility index (Phi) is 2.29. The van der Waals surface area contributed by atoms with E-state index in [0.717, 1.165) is 11.3 Å². The number of rotatable bonds is 2. The predicted octanol–water partition coefficient (Wildman–Crippen LogP) is 0.702. The molecule has 0 saturated carbocycles. The summed E-state index contributed by atoms with van der Waals surface area (Å²) in [6.07, 6.45) is 0. The topological polar surface area (TPSA) is 93.5 Å². The van der Waals surface area contributed by atoms with E-state index >= 15 is 0 Å². The third-order valence-corrected chi connectivity index (χ3v) is 2.72. The average Bonchev–Trinajstić information content (AvgIpc) is 2.55. The summed E-state index contributed by atoms with van der Waals surface area (Å²) in [5, 5.41) is 9.51. The zero-order chi connectivity index (χ0) is 11.0. The lowest BCUT2D eigenvalue weighted by Gasteiger charge is -2.00. The first-order valence-electron chi connectivity index (χ1n) is 4.11. The smallest absolute Gasteiger partial charge is 0.396 e. The van der Waals surface area contributed by atoms with Crippen LogP contribution >= 0.6 is 11.3 Å². The van der Waals surface area contributed by atoms with Crippen molar-refractivity contribution in [2.45, 2.75) is 0 Å². The molecule has 1 aromatic heterocycles. The normalized spacial score (nSPS) is 10.7. The van der Waals surface area contributed by atoms with Crippen LogP contribution in [0.5, 0.6) is 5.75 Å². The molecule has 0 unspecified atom stereocenters. The summed E-state index contributed by atoms with van der Waals surface area (Å²) in [5.41, 5.74) is 5.54. The molecular weight excluding hydrogens is 218 g/mol. The molecule has 0 aliphatic carbocycles. The fourth-order valence-electron chi connectivity index (χ4n) is 1.24. The van der Waals surface area contributed by atoms with Gasteiger partial charge in [0, 0.05) is 6.07 Å². The van der Waals surface area contributed by atoms with Crippen molar-refractivity contribution >= 4 is 27.4 Å². The van der Waals surface area contributed by atoms with Crippen LogP contribution in [0.3, 0.4) is 0 Å². The molecule has 5 nitrogen and oxygen atoms in total. The molecular formula is C9H7NO4S. The summed E-state index contributed by atoms with van der Waals surface area (Å²) >= 11 is 0.870. The Balaban J connectivity index is 2.71. The lowest BCUT2D eigenvalue weighted by atomic mass is 10.1. The van der Waals surface area contributed by atoms with E-state index in [4.69, 9.17) is 10.2 Å². The molecule has 2 rings (SSSR count). The van der Waals surface area contributed by atoms with Gasteiger partial charge in [0.15, 0.2) is 11.4 Å². The van der Waals surface area contributed by atoms with Gasteiger partial charge in [0.05, 0.1) is 16.8 Å². The predicted molar refractivity (Wildman–Crippen MR) is 55.4 cm³/mol. The second-order valence-corrected chi connectivity index (χ2v) is 3.87. The standard InChI is InChI=1S/C9H7NO4S/c10-3-6(12)4-1-7-8(2-5(4)11)15-9(13)14-7/h1-2,11H,3,10H2. The molecule has 1 heterocycles. The van der Waals surface area contributed by atoms with Crippen molar-refractivity contribution < 1.29 is 14.3 Å². The van der Waals surface area contributed by atoms with E-state index in [9.17, 15) is 14.7 Å². The Morgan fingerprint density at radius 2 is 2.27 bits per heavy atom. The number of nitrogens with two attached hydrogens (primary N) is 1. The van der Waals surface area contributed by atoms with E-state index in [1.165, 1.54) is 12.1 Å². The Morgan fingerprint density at radius 1 is 1.53 bits per heavy atom. The fourth-order valence-corrected chi connectivity index (χ4v) is 1.93. The summed E-state index contributed by atoms with van der Waals surface area (Å²) in [4.78, 5) is 21.7. The number of fused-ring (bicyclic) bond motifs is 1. The molecule has 0 spiro atoms. The van der Waals surface area contributed by atoms with Gasteiger partial charge in [0.1, 0.15) is 5.75 Å². The number of hydrogen-bond acceptors (Lipinski definition) is 6. The number of ketones is 1. The first kappa shape index (κ1) is 9.88. The van der Waals surface area contributed by atoms with Crippen LogP contribution in [0, 0.1) is 0 Å². The van der Waals surface area contributed by atoms with Gasteiger partial charge >= 0.3 is 4.94 Å². The van der Waals surface area contributed by atoms with Crippen LogP contribution in [-0.4, -0.2) is 17.4 Å². The Labute approximate surface area is 87.7 Å². The SMILES string of the molecule is NCC(=O)c1cc2oc(=O)sc2cc1O. The zero-order valence-corrected chi connectivity index (χ0v) is 8.34. The Morgan fingerprint density at radius 3 is 2.93 bits per heavy atom. The molecule has 2 aromatic rings. The Bertz CT molecular complexity index is 583. The maximum Gasteiger partial charge on any atom is 0.396 e. The number of aromatic hydroxyl groups is 1. The van der Waals surface area contributed by atoms with Crippen LogP contribution in [0.1, 0.15) is 10.4 Å². The van der Waals surface area contributed by atoms with Gasteiger partial charge in [-0.15, -0.1) is 0 Å². The van der Waals surface area contributed by atoms with E-state index in [2.05, 4.69) is 0 Å². The van der Waals surface area contributed by atoms with E-state index < -0.39 is 10.7 Å². The molecule has 15 heavy (non-hydrogen) atoms. The third-order valence-electron chi connectivity index (χ3n) is 1.93. The molecule has 78 valence electrons. The molecule has 0 aliphatic heterocycles. The van der Waals surface area contributed by atoms with Gasteiger partial charge < -0.3 is 15.3 Å². The van der Waals surface area contributed by atoms with Crippen LogP contribution in [0.25, 0.3) is 10.3 Å². The van der Waals surface area contributed by atoms with Crippen LogP contribution < -0.4 is 10.7 Å². The maximum atomic E-state index is 11.3. The summed E-state index contributed by atoms with van der Waals surface area (Å²) < 4.78 is 5.32. The maximum absolute atomic E-state index is 11.3. The van der Waals surface area contributed by atoms with E-state index in [1.807, 2.05) is 0 Å². The van der Waals surface area contributed by atoms with Crippen LogP contribution in [0.15, 0.2) is 21.3 Å². The average molecular weight is 225 g/mol. The van der Waals surface area contributed by atoms with Crippen LogP contribution in [-0.2, 0) is 0 Å². The van der Waals surface area contributed by atoms with Gasteiger partial charge in [0.2, 0.25) is 0 Å². The van der Waals surface area contributed by atoms with Crippen LogP contribution in [0.2, 0.25) is 0 Å². The summed E-state index contributed by atoms with van der Waals surface area (Å²) in [5.74, 6) is -0.585. The molecule has 3 N–H and O–H groups in total. The molecule has 0 aliphatic rings. The highest BCUT2D eigenvalue weighted by atomic mass is 32.1. The van der Waals surface area contributed by atoms with E-state index in [1.54, 1.807) is 0 Å². The summed E-state index contributed by atoms with van der Waals surface area (Å²) in [6, 6.07) is 2.66. The third kappa shape index (κ3) is 1.64. The van der Waals surface area contributed by atoms with Crippen molar-refractivity contribution in [1.82, 2.24) is 0 Å². The van der Waals surface area contributed by atoms with E-state index in [-0.39, 0.29) is 17.9 Å². The number of hydrogen-bond donors (Lipinski definition) is 2. The Hall–Kier alpha value is -1.66. The highest BCUT2D eigenvalue weighted by molar-refractivity contribution is 7.16. The summed E-state index contributed by atoms with van der Waals surface area (Å²) in [6.45, 7) is -0.201. The lowest BCUT2D eigenvalue weighted by molar-refractivity contribution is 0.0999. The second kappa shape index (κ2) is 3.48. The molecule has 1 aromatic carbocycles. The highest BCUT2D eigenvalue weighted by Crippen LogP contribution is 2.26. The molecule has 0 atom stereocenters. The van der Waals surface area contributed by atoms with Crippen molar-refractivity contribution in [1.29, 1.82) is 0 Å². The number of benzene rings is 1. The quantitative estimate of drug-likeness (QED) is 0.734. The molecule has 0 bridgehead atoms. The van der Waals surface area contributed by atoms with E-state index in [0.29, 0.717) is 10.3 Å². The highest BCUT2D eigenvalue weighted by Gasteiger charge is 2.13. The summed E-state index contributed by atoms with van der Waals surface area (Å²) in [7, 11) is 0.